The summed E-state index contributed by atoms with van der Waals surface area (Å²) in [5.74, 6) is -18.1. The molecule has 4 aromatic carbocycles. The van der Waals surface area contributed by atoms with Crippen molar-refractivity contribution in [3.8, 4) is 46.0 Å². The molecule has 12 unspecified atom stereocenters. The molecule has 0 radical (unpaired) electrons. The van der Waals surface area contributed by atoms with Crippen LogP contribution < -0.4 is 60.8 Å². The zero-order chi connectivity index (χ0) is 118. The van der Waals surface area contributed by atoms with Crippen molar-refractivity contribution in [1.82, 2.24) is 19.6 Å². The highest BCUT2D eigenvalue weighted by atomic mass is 16.6. The molecule has 12 rings (SSSR count). The molecule has 24 nitrogen and oxygen atoms in total. The van der Waals surface area contributed by atoms with Gasteiger partial charge in [0, 0.05) is 153 Å². The van der Waals surface area contributed by atoms with Crippen molar-refractivity contribution < 1.29 is 123 Å². The Morgan fingerprint density at radius 2 is 0.517 bits per heavy atom. The van der Waals surface area contributed by atoms with Crippen LogP contribution in [0.15, 0.2) is 48.5 Å². The molecule has 8 heterocycles. The van der Waals surface area contributed by atoms with Crippen LogP contribution in [0.2, 0.25) is 0 Å². The quantitative estimate of drug-likeness (QED) is 0.0303. The fourth-order valence-corrected chi connectivity index (χ4v) is 14.1. The van der Waals surface area contributed by atoms with E-state index in [9.17, 15) is 46.6 Å². The molecular weight excluding hydrogens is 1520 g/mol. The third kappa shape index (κ3) is 23.8. The topological polar surface area (TPSA) is 296 Å². The van der Waals surface area contributed by atoms with Crippen molar-refractivity contribution in [2.45, 2.75) is 260 Å². The van der Waals surface area contributed by atoms with E-state index in [1.54, 1.807) is 123 Å². The van der Waals surface area contributed by atoms with Gasteiger partial charge in [0.25, 0.3) is 0 Å². The maximum atomic E-state index is 13.1. The van der Waals surface area contributed by atoms with Gasteiger partial charge in [-0.25, -0.2) is 0 Å². The molecule has 24 heteroatoms. The Bertz CT molecular complexity index is 5420. The van der Waals surface area contributed by atoms with Crippen molar-refractivity contribution in [2.75, 3.05) is 109 Å². The number of hydrogen-bond acceptors (Lipinski definition) is 24. The van der Waals surface area contributed by atoms with Crippen molar-refractivity contribution in [3.05, 3.63) is 93.0 Å². The maximum absolute atomic E-state index is 13.1. The first kappa shape index (κ1) is 58.9. The summed E-state index contributed by atoms with van der Waals surface area (Å²) in [4.78, 5) is 56.1. The highest BCUT2D eigenvalue weighted by Crippen LogP contribution is 2.50. The number of rotatable bonds is 28. The number of carbonyl (C=O) groups is 4. The van der Waals surface area contributed by atoms with E-state index in [1.165, 1.54) is 79.1 Å². The SMILES string of the molecule is [2H]C([2H])([2H])Oc1cc2c(cc1OC)C1([2H])N(CC2)C([2H])([2H])C([2H])(CC(C)C)C([2H])(OC(=O)[C@@H](N)C(C)C)C1([2H])[2H].[2H]C([2H])([2H])Oc1cc2c(cc1OC)C1([2H])N(CC2)C([2H])([2H])C([2H])(CC(C)C)C([2H])(OC(=O)[C@@H](N)C(C)C)C1([2H])[2H].[2H]C1([2H])N2CCc3cc(OC)c(OC)cc3C2([2H])C([2H])([2H])C([2H])(OC(=O)[C@@H](N)C(C)C)C1([2H])CC(C)C.[2H]C1([2H])N2CCc3cc(OC)c(OC)cc3C2([2H])C([2H])([2H])C([2H])(OC(=O)[C@@H](N)C(C)C)C1([2H])CC(C)C. The van der Waals surface area contributed by atoms with Crippen LogP contribution in [0.3, 0.4) is 0 Å². The number of ether oxygens (including phenoxy) is 12. The van der Waals surface area contributed by atoms with Gasteiger partial charge in [-0.1, -0.05) is 111 Å². The number of carbonyl (C=O) groups excluding carboxylic acids is 4. The monoisotopic (exact) mass is 1710 g/mol. The van der Waals surface area contributed by atoms with Gasteiger partial charge in [-0.2, -0.15) is 0 Å². The lowest BCUT2D eigenvalue weighted by Gasteiger charge is -2.47. The van der Waals surface area contributed by atoms with Crippen LogP contribution in [0.5, 0.6) is 46.0 Å². The van der Waals surface area contributed by atoms with Crippen molar-refractivity contribution >= 4 is 23.9 Å². The molecule has 0 saturated carbocycles. The second-order valence-corrected chi connectivity index (χ2v) is 33.6. The molecular formula is C96H152N8O16. The molecule has 0 amide bonds. The lowest BCUT2D eigenvalue weighted by Crippen LogP contribution is -2.51. The Balaban J connectivity index is 0.000000227. The molecule has 8 aliphatic rings. The first-order chi connectivity index (χ1) is 69.8. The normalized spacial score (nSPS) is 40.0. The Kier molecular flexibility index (Phi) is 21.6. The molecule has 0 bridgehead atoms. The summed E-state index contributed by atoms with van der Waals surface area (Å²) in [7, 11) is 2.44. The Morgan fingerprint density at radius 3 is 0.683 bits per heavy atom. The Hall–Kier alpha value is -7.16. The van der Waals surface area contributed by atoms with Crippen LogP contribution in [0, 0.1) is 70.9 Å². The maximum Gasteiger partial charge on any atom is 0.323 e. The summed E-state index contributed by atoms with van der Waals surface area (Å²) in [6.45, 7) is 14.8. The second-order valence-electron chi connectivity index (χ2n) is 33.6. The summed E-state index contributed by atoms with van der Waals surface area (Å²) in [6, 6.07) is -4.60. The minimum Gasteiger partial charge on any atom is -0.493 e. The fraction of sp³-hybridized carbons (Fsp3) is 0.708. The average Bonchev–Trinajstić information content (AvgIpc) is 0.666. The summed E-state index contributed by atoms with van der Waals surface area (Å²) in [6.07, 6.45) is -26.2. The number of esters is 4. The van der Waals surface area contributed by atoms with Gasteiger partial charge >= 0.3 is 23.9 Å². The van der Waals surface area contributed by atoms with E-state index in [4.69, 9.17) is 99.0 Å². The van der Waals surface area contributed by atoms with E-state index < -0.39 is 221 Å². The van der Waals surface area contributed by atoms with E-state index in [-0.39, 0.29) is 157 Å². The van der Waals surface area contributed by atoms with Crippen molar-refractivity contribution in [2.24, 2.45) is 93.9 Å². The van der Waals surface area contributed by atoms with Crippen LogP contribution in [0.25, 0.3) is 0 Å². The fourth-order valence-electron chi connectivity index (χ4n) is 14.1. The first-order valence-corrected chi connectivity index (χ1v) is 41.1. The van der Waals surface area contributed by atoms with Crippen molar-refractivity contribution in [3.63, 3.8) is 0 Å². The number of hydrogen-bond donors (Lipinski definition) is 4. The summed E-state index contributed by atoms with van der Waals surface area (Å²) in [5, 5.41) is 0. The Morgan fingerprint density at radius 1 is 0.333 bits per heavy atom. The Labute approximate surface area is 766 Å². The minimum atomic E-state index is -3.24. The molecule has 4 aromatic rings. The second kappa shape index (κ2) is 43.9. The van der Waals surface area contributed by atoms with Gasteiger partial charge in [-0.3, -0.25) is 38.8 Å². The van der Waals surface area contributed by atoms with E-state index >= 15 is 0 Å². The zero-order valence-corrected chi connectivity index (χ0v) is 73.7. The standard InChI is InChI=1S/4C24H38N2O4/c4*1-14(2)9-17-13-26-8-7-16-10-21(28-5)22(29-6)11-18(16)19(26)12-20(17)30-24(27)23(25)15(3)4/h4*10-11,14-15,17,19-20,23H,7-9,12-13,25H2,1-6H3/t4*17?,19?,20?,23-/m0000/s1/i2*5D3,12D2,13D2,17D,19D,20D;2*12D2,13D2,17D,19D,20D. The molecule has 0 aromatic heterocycles. The first-order valence-electron chi connectivity index (χ1n) is 58.1. The smallest absolute Gasteiger partial charge is 0.323 e. The number of nitrogens with two attached hydrogens (primary N) is 4. The molecule has 120 heavy (non-hydrogen) atoms. The lowest BCUT2D eigenvalue weighted by molar-refractivity contribution is -0.161. The van der Waals surface area contributed by atoms with Crippen LogP contribution in [0.1, 0.15) is 277 Å². The van der Waals surface area contributed by atoms with E-state index in [1.807, 2.05) is 0 Å². The lowest BCUT2D eigenvalue weighted by atomic mass is 9.79. The third-order valence-electron chi connectivity index (χ3n) is 21.1. The molecule has 4 saturated heterocycles. The van der Waals surface area contributed by atoms with Crippen LogP contribution in [0.4, 0.5) is 0 Å². The molecule has 8 aliphatic heterocycles. The third-order valence-corrected chi connectivity index (χ3v) is 21.1. The molecule has 16 atom stereocenters. The predicted molar refractivity (Wildman–Crippen MR) is 471 cm³/mol. The van der Waals surface area contributed by atoms with Gasteiger partial charge < -0.3 is 79.8 Å². The van der Waals surface area contributed by atoms with Gasteiger partial charge in [0.1, 0.15) is 48.5 Å². The molecule has 8 N–H and O–H groups in total. The van der Waals surface area contributed by atoms with Crippen LogP contribution in [-0.4, -0.2) is 201 Å². The van der Waals surface area contributed by atoms with Crippen molar-refractivity contribution in [1.29, 1.82) is 0 Å². The average molecular weight is 1710 g/mol. The number of fused-ring (bicyclic) bond motifs is 12. The summed E-state index contributed by atoms with van der Waals surface area (Å²) < 4.78 is 369. The van der Waals surface area contributed by atoms with Gasteiger partial charge in [0.05, 0.1) is 75.9 Å². The number of benzene rings is 4. The molecule has 0 aliphatic carbocycles. The molecule has 672 valence electrons. The number of piperidine rings is 4. The highest BCUT2D eigenvalue weighted by molar-refractivity contribution is 5.77. The summed E-state index contributed by atoms with van der Waals surface area (Å²) >= 11 is 0. The number of nitrogens with zero attached hydrogens (tertiary/aromatic N) is 4. The van der Waals surface area contributed by atoms with Gasteiger partial charge in [-0.05, 0) is 192 Å². The highest BCUT2D eigenvalue weighted by Gasteiger charge is 2.47. The van der Waals surface area contributed by atoms with Gasteiger partial charge in [0.2, 0.25) is 0 Å². The van der Waals surface area contributed by atoms with Gasteiger partial charge in [0.15, 0.2) is 46.0 Å². The predicted octanol–water partition coefficient (Wildman–Crippen LogP) is 14.3. The largest absolute Gasteiger partial charge is 0.493 e. The van der Waals surface area contributed by atoms with Crippen LogP contribution >= 0.6 is 0 Å². The van der Waals surface area contributed by atoms with Gasteiger partial charge in [-0.15, -0.1) is 0 Å². The molecule has 4 fully saturated rings. The van der Waals surface area contributed by atoms with Crippen LogP contribution in [-0.2, 0) is 63.8 Å². The summed E-state index contributed by atoms with van der Waals surface area (Å²) in [5.41, 5.74) is 25.3. The molecule has 0 spiro atoms. The van der Waals surface area contributed by atoms with E-state index in [2.05, 4.69) is 0 Å². The van der Waals surface area contributed by atoms with E-state index in [0.717, 1.165) is 19.6 Å². The minimum absolute atomic E-state index is 0.0493. The number of methoxy groups -OCH3 is 8. The zero-order valence-electron chi connectivity index (χ0n) is 108. The van der Waals surface area contributed by atoms with E-state index in [0.29, 0.717) is 22.6 Å².